The van der Waals surface area contributed by atoms with Crippen molar-refractivity contribution in [2.24, 2.45) is 0 Å². The Bertz CT molecular complexity index is 1340. The molecule has 0 spiro atoms. The van der Waals surface area contributed by atoms with E-state index in [4.69, 9.17) is 35.7 Å². The van der Waals surface area contributed by atoms with Crippen LogP contribution in [0, 0.1) is 11.3 Å². The number of nitriles is 1. The summed E-state index contributed by atoms with van der Waals surface area (Å²) in [6, 6.07) is 15.8. The molecule has 0 unspecified atom stereocenters. The zero-order valence-corrected chi connectivity index (χ0v) is 26.2. The summed E-state index contributed by atoms with van der Waals surface area (Å²) in [6.45, 7) is 4.21. The molecular formula is C32H38ClN3O6S. The number of hydrogen-bond acceptors (Lipinski definition) is 9. The molecule has 0 bridgehead atoms. The predicted octanol–water partition coefficient (Wildman–Crippen LogP) is 6.71. The van der Waals surface area contributed by atoms with Crippen LogP contribution in [0.2, 0.25) is 5.02 Å². The highest BCUT2D eigenvalue weighted by Gasteiger charge is 2.14. The van der Waals surface area contributed by atoms with E-state index in [0.29, 0.717) is 55.8 Å². The van der Waals surface area contributed by atoms with Crippen LogP contribution in [0.3, 0.4) is 0 Å². The molecule has 0 amide bonds. The highest BCUT2D eigenvalue weighted by atomic mass is 35.5. The number of ether oxygens (including phenoxy) is 4. The number of rotatable bonds is 20. The van der Waals surface area contributed by atoms with Crippen LogP contribution in [0.4, 0.5) is 0 Å². The number of hydrogen-bond donors (Lipinski definition) is 1. The molecule has 1 atom stereocenters. The second-order valence-electron chi connectivity index (χ2n) is 9.89. The van der Waals surface area contributed by atoms with E-state index >= 15 is 0 Å². The Morgan fingerprint density at radius 1 is 1.02 bits per heavy atom. The van der Waals surface area contributed by atoms with Crippen molar-refractivity contribution in [2.75, 3.05) is 39.3 Å². The smallest absolute Gasteiger partial charge is 0.329 e. The van der Waals surface area contributed by atoms with Gasteiger partial charge in [0.1, 0.15) is 25.0 Å². The van der Waals surface area contributed by atoms with Gasteiger partial charge in [-0.1, -0.05) is 42.4 Å². The van der Waals surface area contributed by atoms with E-state index in [9.17, 15) is 10.1 Å². The molecule has 0 saturated heterocycles. The minimum absolute atomic E-state index is 0.203. The summed E-state index contributed by atoms with van der Waals surface area (Å²) in [5.74, 6) is 0.424. The summed E-state index contributed by atoms with van der Waals surface area (Å²) >= 11 is 8.05. The molecule has 9 nitrogen and oxygen atoms in total. The minimum atomic E-state index is -0.970. The Morgan fingerprint density at radius 2 is 1.77 bits per heavy atom. The number of aromatic nitrogens is 2. The fourth-order valence-electron chi connectivity index (χ4n) is 4.26. The van der Waals surface area contributed by atoms with E-state index in [0.717, 1.165) is 53.4 Å². The zero-order valence-electron chi connectivity index (χ0n) is 24.6. The number of carbonyl (C=O) groups is 1. The van der Waals surface area contributed by atoms with E-state index in [1.54, 1.807) is 6.20 Å². The van der Waals surface area contributed by atoms with Gasteiger partial charge in [-0.3, -0.25) is 0 Å². The molecule has 0 radical (unpaired) electrons. The maximum Gasteiger partial charge on any atom is 0.329 e. The Labute approximate surface area is 262 Å². The SMILES string of the molecule is CSc1nccc(COc2ccc([C@H](C)Cc3cc(Cl)c(OCCCCCOCCCOCC(=O)O)c(C#N)c3)cc2)n1. The Balaban J connectivity index is 1.40. The van der Waals surface area contributed by atoms with Gasteiger partial charge in [0.15, 0.2) is 10.9 Å². The first-order valence-corrected chi connectivity index (χ1v) is 15.8. The summed E-state index contributed by atoms with van der Waals surface area (Å²) in [5.41, 5.74) is 3.39. The van der Waals surface area contributed by atoms with Crippen LogP contribution in [-0.2, 0) is 27.3 Å². The summed E-state index contributed by atoms with van der Waals surface area (Å²) < 4.78 is 22.3. The minimum Gasteiger partial charge on any atom is -0.491 e. The summed E-state index contributed by atoms with van der Waals surface area (Å²) in [6.07, 6.45) is 7.65. The third-order valence-electron chi connectivity index (χ3n) is 6.46. The van der Waals surface area contributed by atoms with Crippen LogP contribution in [0.1, 0.15) is 60.9 Å². The lowest BCUT2D eigenvalue weighted by Crippen LogP contribution is -2.09. The van der Waals surface area contributed by atoms with E-state index in [1.807, 2.05) is 36.6 Å². The lowest BCUT2D eigenvalue weighted by molar-refractivity contribution is -0.142. The van der Waals surface area contributed by atoms with Gasteiger partial charge in [-0.15, -0.1) is 0 Å². The fourth-order valence-corrected chi connectivity index (χ4v) is 4.93. The van der Waals surface area contributed by atoms with Crippen molar-refractivity contribution in [3.05, 3.63) is 76.1 Å². The third-order valence-corrected chi connectivity index (χ3v) is 7.30. The molecule has 0 saturated carbocycles. The molecular weight excluding hydrogens is 590 g/mol. The van der Waals surface area contributed by atoms with E-state index in [2.05, 4.69) is 35.1 Å². The first-order valence-electron chi connectivity index (χ1n) is 14.2. The number of carboxylic acid groups (broad SMARTS) is 1. The molecule has 0 fully saturated rings. The predicted molar refractivity (Wildman–Crippen MR) is 166 cm³/mol. The van der Waals surface area contributed by atoms with Gasteiger partial charge in [0, 0.05) is 26.0 Å². The third kappa shape index (κ3) is 12.4. The largest absolute Gasteiger partial charge is 0.491 e. The van der Waals surface area contributed by atoms with Crippen LogP contribution in [0.25, 0.3) is 0 Å². The van der Waals surface area contributed by atoms with Crippen LogP contribution in [-0.4, -0.2) is 60.3 Å². The normalized spacial score (nSPS) is 11.6. The van der Waals surface area contributed by atoms with Crippen molar-refractivity contribution in [3.8, 4) is 17.6 Å². The van der Waals surface area contributed by atoms with Crippen LogP contribution < -0.4 is 9.47 Å². The van der Waals surface area contributed by atoms with E-state index in [1.165, 1.54) is 11.8 Å². The van der Waals surface area contributed by atoms with Crippen molar-refractivity contribution in [3.63, 3.8) is 0 Å². The average molecular weight is 628 g/mol. The van der Waals surface area contributed by atoms with Crippen molar-refractivity contribution in [1.29, 1.82) is 5.26 Å². The quantitative estimate of drug-likeness (QED) is 0.0821. The molecule has 0 aliphatic carbocycles. The molecule has 1 heterocycles. The van der Waals surface area contributed by atoms with E-state index < -0.39 is 5.97 Å². The monoisotopic (exact) mass is 627 g/mol. The number of benzene rings is 2. The molecule has 1 aromatic heterocycles. The standard InChI is InChI=1S/C32H38ClN3O6S/c1-23(25-7-9-28(10-8-25)42-21-27-11-12-35-32(36-27)43-2)17-24-18-26(20-34)31(29(33)19-24)41-16-5-3-4-13-39-14-6-15-40-22-30(37)38/h7-12,18-19,23H,3-6,13-17,21-22H2,1-2H3,(H,37,38)/t23-/m1/s1. The van der Waals surface area contributed by atoms with Gasteiger partial charge in [-0.25, -0.2) is 14.8 Å². The number of aliphatic carboxylic acids is 1. The average Bonchev–Trinajstić information content (AvgIpc) is 3.01. The van der Waals surface area contributed by atoms with Gasteiger partial charge >= 0.3 is 5.97 Å². The van der Waals surface area contributed by atoms with Crippen LogP contribution in [0.15, 0.2) is 53.8 Å². The number of halogens is 1. The highest BCUT2D eigenvalue weighted by Crippen LogP contribution is 2.33. The Kier molecular flexibility index (Phi) is 15.1. The number of nitrogens with zero attached hydrogens (tertiary/aromatic N) is 3. The maximum atomic E-state index is 10.4. The van der Waals surface area contributed by atoms with Gasteiger partial charge in [0.25, 0.3) is 0 Å². The second-order valence-corrected chi connectivity index (χ2v) is 11.1. The molecule has 1 N–H and O–H groups in total. The van der Waals surface area contributed by atoms with Gasteiger partial charge in [0.2, 0.25) is 0 Å². The molecule has 3 rings (SSSR count). The lowest BCUT2D eigenvalue weighted by atomic mass is 9.93. The molecule has 11 heteroatoms. The fraction of sp³-hybridized carbons (Fsp3) is 0.438. The number of unbranched alkanes of at least 4 members (excludes halogenated alkanes) is 2. The molecule has 230 valence electrons. The first-order chi connectivity index (χ1) is 20.9. The number of thioether (sulfide) groups is 1. The number of carboxylic acids is 1. The molecule has 43 heavy (non-hydrogen) atoms. The topological polar surface area (TPSA) is 124 Å². The van der Waals surface area contributed by atoms with Crippen LogP contribution >= 0.6 is 23.4 Å². The van der Waals surface area contributed by atoms with Gasteiger partial charge in [-0.2, -0.15) is 5.26 Å². The van der Waals surface area contributed by atoms with Gasteiger partial charge in [0.05, 0.1) is 22.9 Å². The van der Waals surface area contributed by atoms with Crippen molar-refractivity contribution < 1.29 is 28.8 Å². The first kappa shape index (κ1) is 34.1. The van der Waals surface area contributed by atoms with Crippen molar-refractivity contribution in [1.82, 2.24) is 9.97 Å². The molecule has 3 aromatic rings. The van der Waals surface area contributed by atoms with Crippen molar-refractivity contribution in [2.45, 2.75) is 56.7 Å². The second kappa shape index (κ2) is 19.0. The molecule has 0 aliphatic heterocycles. The zero-order chi connectivity index (χ0) is 30.9. The summed E-state index contributed by atoms with van der Waals surface area (Å²) in [7, 11) is 0. The molecule has 2 aromatic carbocycles. The Morgan fingerprint density at radius 3 is 2.51 bits per heavy atom. The maximum absolute atomic E-state index is 10.4. The lowest BCUT2D eigenvalue weighted by Gasteiger charge is -2.16. The van der Waals surface area contributed by atoms with E-state index in [-0.39, 0.29) is 12.5 Å². The molecule has 0 aliphatic rings. The van der Waals surface area contributed by atoms with Crippen molar-refractivity contribution >= 4 is 29.3 Å². The Hall–Kier alpha value is -3.36. The van der Waals surface area contributed by atoms with Crippen LogP contribution in [0.5, 0.6) is 11.5 Å². The van der Waals surface area contributed by atoms with Gasteiger partial charge < -0.3 is 24.1 Å². The summed E-state index contributed by atoms with van der Waals surface area (Å²) in [4.78, 5) is 19.0. The summed E-state index contributed by atoms with van der Waals surface area (Å²) in [5, 5.41) is 19.4. The highest BCUT2D eigenvalue weighted by molar-refractivity contribution is 7.98. The van der Waals surface area contributed by atoms with Gasteiger partial charge in [-0.05, 0) is 85.7 Å².